The van der Waals surface area contributed by atoms with Gasteiger partial charge in [0.15, 0.2) is 0 Å². The Hall–Kier alpha value is -0.230. The van der Waals surface area contributed by atoms with Crippen molar-refractivity contribution in [2.75, 3.05) is 24.4 Å². The third kappa shape index (κ3) is 8.80. The molecule has 0 fully saturated rings. The van der Waals surface area contributed by atoms with Crippen molar-refractivity contribution in [2.45, 2.75) is 38.1 Å². The predicted molar refractivity (Wildman–Crippen MR) is 79.2 cm³/mol. The lowest BCUT2D eigenvalue weighted by Gasteiger charge is -2.15. The van der Waals surface area contributed by atoms with E-state index < -0.39 is 6.04 Å². The second-order valence-electron chi connectivity index (χ2n) is 3.92. The molecule has 0 aromatic heterocycles. The van der Waals surface area contributed by atoms with Crippen molar-refractivity contribution in [2.24, 2.45) is 0 Å². The maximum atomic E-state index is 11.7. The van der Waals surface area contributed by atoms with E-state index in [4.69, 9.17) is 0 Å². The number of carbonyl (C=O) groups is 2. The summed E-state index contributed by atoms with van der Waals surface area (Å²) in [5.41, 5.74) is 0. The summed E-state index contributed by atoms with van der Waals surface area (Å²) in [5, 5.41) is 3.71. The zero-order valence-corrected chi connectivity index (χ0v) is 13.4. The Balaban J connectivity index is 3.98. The second kappa shape index (κ2) is 11.8. The van der Waals surface area contributed by atoms with Crippen LogP contribution < -0.4 is 5.32 Å². The zero-order valence-electron chi connectivity index (χ0n) is 11.0. The largest absolute Gasteiger partial charge is 0.467 e. The quantitative estimate of drug-likeness (QED) is 0.377. The van der Waals surface area contributed by atoms with Crippen LogP contribution in [-0.2, 0) is 14.3 Å². The summed E-state index contributed by atoms with van der Waals surface area (Å²) in [7, 11) is 1.34. The van der Waals surface area contributed by atoms with Gasteiger partial charge in [0.2, 0.25) is 5.91 Å². The molecule has 1 amide bonds. The van der Waals surface area contributed by atoms with Crippen molar-refractivity contribution in [1.82, 2.24) is 5.32 Å². The number of esters is 1. The molecular weight excluding hydrogens is 318 g/mol. The third-order valence-corrected chi connectivity index (χ3v) is 3.67. The van der Waals surface area contributed by atoms with Crippen molar-refractivity contribution in [3.8, 4) is 0 Å². The van der Waals surface area contributed by atoms with E-state index in [0.717, 1.165) is 30.3 Å². The molecule has 0 aromatic carbocycles. The van der Waals surface area contributed by atoms with Crippen LogP contribution in [0.1, 0.15) is 32.1 Å². The van der Waals surface area contributed by atoms with Crippen molar-refractivity contribution >= 4 is 39.6 Å². The summed E-state index contributed by atoms with van der Waals surface area (Å²) < 4.78 is 4.68. The molecule has 6 heteroatoms. The number of methoxy groups -OCH3 is 1. The van der Waals surface area contributed by atoms with Gasteiger partial charge in [-0.3, -0.25) is 4.79 Å². The molecule has 0 saturated heterocycles. The van der Waals surface area contributed by atoms with E-state index in [1.807, 2.05) is 6.26 Å². The zero-order chi connectivity index (χ0) is 13.8. The lowest BCUT2D eigenvalue weighted by atomic mass is 10.1. The summed E-state index contributed by atoms with van der Waals surface area (Å²) >= 11 is 4.99. The molecule has 106 valence electrons. The maximum Gasteiger partial charge on any atom is 0.328 e. The number of nitrogens with one attached hydrogen (secondary N) is 1. The fourth-order valence-corrected chi connectivity index (χ4v) is 2.32. The number of unbranched alkanes of at least 4 members (excludes halogenated alkanes) is 2. The van der Waals surface area contributed by atoms with E-state index in [0.29, 0.717) is 12.8 Å². The summed E-state index contributed by atoms with van der Waals surface area (Å²) in [6.45, 7) is 0. The van der Waals surface area contributed by atoms with E-state index in [-0.39, 0.29) is 11.9 Å². The van der Waals surface area contributed by atoms with Gasteiger partial charge in [-0.2, -0.15) is 11.8 Å². The van der Waals surface area contributed by atoms with Crippen molar-refractivity contribution < 1.29 is 14.3 Å². The molecule has 0 radical (unpaired) electrons. The van der Waals surface area contributed by atoms with Crippen LogP contribution >= 0.6 is 27.7 Å². The highest BCUT2D eigenvalue weighted by Crippen LogP contribution is 2.05. The maximum absolute atomic E-state index is 11.7. The molecule has 0 saturated carbocycles. The van der Waals surface area contributed by atoms with Gasteiger partial charge < -0.3 is 10.1 Å². The van der Waals surface area contributed by atoms with E-state index in [1.54, 1.807) is 11.8 Å². The molecule has 4 nitrogen and oxygen atoms in total. The van der Waals surface area contributed by atoms with Gasteiger partial charge in [-0.15, -0.1) is 0 Å². The molecule has 0 spiro atoms. The van der Waals surface area contributed by atoms with Gasteiger partial charge in [0.1, 0.15) is 6.04 Å². The van der Waals surface area contributed by atoms with Gasteiger partial charge in [0, 0.05) is 11.8 Å². The number of thioether (sulfide) groups is 1. The van der Waals surface area contributed by atoms with Crippen LogP contribution in [0.3, 0.4) is 0 Å². The Labute approximate surface area is 122 Å². The van der Waals surface area contributed by atoms with Crippen LogP contribution in [-0.4, -0.2) is 42.4 Å². The monoisotopic (exact) mass is 339 g/mol. The highest BCUT2D eigenvalue weighted by atomic mass is 79.9. The van der Waals surface area contributed by atoms with Crippen LogP contribution in [0.4, 0.5) is 0 Å². The van der Waals surface area contributed by atoms with E-state index >= 15 is 0 Å². The number of carbonyl (C=O) groups excluding carboxylic acids is 2. The van der Waals surface area contributed by atoms with Crippen molar-refractivity contribution in [3.63, 3.8) is 0 Å². The molecule has 0 bridgehead atoms. The van der Waals surface area contributed by atoms with Gasteiger partial charge in [-0.1, -0.05) is 22.4 Å². The summed E-state index contributed by atoms with van der Waals surface area (Å²) in [6.07, 6.45) is 6.00. The smallest absolute Gasteiger partial charge is 0.328 e. The Morgan fingerprint density at radius 3 is 2.61 bits per heavy atom. The first kappa shape index (κ1) is 17.8. The molecule has 18 heavy (non-hydrogen) atoms. The van der Waals surface area contributed by atoms with E-state index in [2.05, 4.69) is 26.0 Å². The first-order valence-corrected chi connectivity index (χ1v) is 8.59. The Kier molecular flexibility index (Phi) is 11.7. The lowest BCUT2D eigenvalue weighted by molar-refractivity contribution is -0.145. The predicted octanol–water partition coefficient (Wildman–Crippen LogP) is 2.35. The first-order chi connectivity index (χ1) is 8.65. The SMILES string of the molecule is COC(=O)[C@H](CCSC)NC(=O)CCCCCBr. The molecule has 1 N–H and O–H groups in total. The Bertz CT molecular complexity index is 251. The lowest BCUT2D eigenvalue weighted by Crippen LogP contribution is -2.41. The molecule has 0 aromatic rings. The molecular formula is C12H22BrNO3S. The fourth-order valence-electron chi connectivity index (χ4n) is 1.45. The van der Waals surface area contributed by atoms with Gasteiger partial charge in [0.25, 0.3) is 0 Å². The Morgan fingerprint density at radius 1 is 1.33 bits per heavy atom. The van der Waals surface area contributed by atoms with Crippen LogP contribution in [0.25, 0.3) is 0 Å². The average Bonchev–Trinajstić information content (AvgIpc) is 2.38. The number of ether oxygens (including phenoxy) is 1. The minimum Gasteiger partial charge on any atom is -0.467 e. The average molecular weight is 340 g/mol. The van der Waals surface area contributed by atoms with E-state index in [9.17, 15) is 9.59 Å². The molecule has 0 heterocycles. The molecule has 0 aliphatic carbocycles. The Morgan fingerprint density at radius 2 is 2.06 bits per heavy atom. The highest BCUT2D eigenvalue weighted by Gasteiger charge is 2.20. The molecule has 0 rings (SSSR count). The van der Waals surface area contributed by atoms with Crippen LogP contribution in [0.15, 0.2) is 0 Å². The number of amides is 1. The van der Waals surface area contributed by atoms with Crippen LogP contribution in [0, 0.1) is 0 Å². The van der Waals surface area contributed by atoms with Gasteiger partial charge in [0.05, 0.1) is 7.11 Å². The summed E-state index contributed by atoms with van der Waals surface area (Å²) in [4.78, 5) is 23.1. The van der Waals surface area contributed by atoms with Crippen LogP contribution in [0.2, 0.25) is 0 Å². The standard InChI is InChI=1S/C12H22BrNO3S/c1-17-12(16)10(7-9-18-2)14-11(15)6-4-3-5-8-13/h10H,3-9H2,1-2H3,(H,14,15)/t10-/m0/s1. The van der Waals surface area contributed by atoms with Crippen molar-refractivity contribution in [1.29, 1.82) is 0 Å². The fraction of sp³-hybridized carbons (Fsp3) is 0.833. The number of rotatable bonds is 10. The van der Waals surface area contributed by atoms with E-state index in [1.165, 1.54) is 7.11 Å². The number of alkyl halides is 1. The topological polar surface area (TPSA) is 55.4 Å². The van der Waals surface area contributed by atoms with Crippen LogP contribution in [0.5, 0.6) is 0 Å². The van der Waals surface area contributed by atoms with Crippen molar-refractivity contribution in [3.05, 3.63) is 0 Å². The number of halogens is 1. The minimum absolute atomic E-state index is 0.0684. The molecule has 0 unspecified atom stereocenters. The van der Waals surface area contributed by atoms with Gasteiger partial charge in [-0.25, -0.2) is 4.79 Å². The third-order valence-electron chi connectivity index (χ3n) is 2.47. The van der Waals surface area contributed by atoms with Gasteiger partial charge in [-0.05, 0) is 31.3 Å². The molecule has 1 atom stereocenters. The minimum atomic E-state index is -0.508. The van der Waals surface area contributed by atoms with Gasteiger partial charge >= 0.3 is 5.97 Å². The first-order valence-electron chi connectivity index (χ1n) is 6.07. The summed E-state index contributed by atoms with van der Waals surface area (Å²) in [6, 6.07) is -0.508. The highest BCUT2D eigenvalue weighted by molar-refractivity contribution is 9.09. The molecule has 0 aliphatic heterocycles. The number of hydrogen-bond donors (Lipinski definition) is 1. The normalized spacial score (nSPS) is 11.9. The number of hydrogen-bond acceptors (Lipinski definition) is 4. The molecule has 0 aliphatic rings. The summed E-state index contributed by atoms with van der Waals surface area (Å²) in [5.74, 6) is 0.392. The second-order valence-corrected chi connectivity index (χ2v) is 5.70.